The lowest BCUT2D eigenvalue weighted by atomic mass is 10.2. The molecule has 3 aromatic carbocycles. The largest absolute Gasteiger partial charge is 0.454 e. The van der Waals surface area contributed by atoms with Gasteiger partial charge in [0.15, 0.2) is 11.5 Å². The molecule has 3 N–H and O–H groups in total. The van der Waals surface area contributed by atoms with Crippen LogP contribution < -0.4 is 25.4 Å². The number of benzene rings is 3. The number of anilines is 2. The number of ether oxygens (including phenoxy) is 2. The summed E-state index contributed by atoms with van der Waals surface area (Å²) >= 11 is 2.83. The van der Waals surface area contributed by atoms with Crippen LogP contribution in [0, 0.1) is 0 Å². The molecule has 196 valence electrons. The first kappa shape index (κ1) is 26.1. The predicted octanol–water partition coefficient (Wildman–Crippen LogP) is 5.62. The van der Waals surface area contributed by atoms with E-state index in [2.05, 4.69) is 16.0 Å². The topological polar surface area (TPSA) is 106 Å². The summed E-state index contributed by atoms with van der Waals surface area (Å²) in [4.78, 5) is 39.9. The van der Waals surface area contributed by atoms with Crippen molar-refractivity contribution in [3.8, 4) is 11.5 Å². The van der Waals surface area contributed by atoms with Gasteiger partial charge in [0, 0.05) is 32.8 Å². The Balaban J connectivity index is 1.17. The van der Waals surface area contributed by atoms with Gasteiger partial charge in [0.05, 0.1) is 5.75 Å². The highest BCUT2D eigenvalue weighted by Gasteiger charge is 2.16. The third kappa shape index (κ3) is 7.07. The van der Waals surface area contributed by atoms with E-state index in [0.29, 0.717) is 28.4 Å². The van der Waals surface area contributed by atoms with Crippen LogP contribution in [0.3, 0.4) is 0 Å². The minimum Gasteiger partial charge on any atom is -0.454 e. The fourth-order valence-electron chi connectivity index (χ4n) is 3.61. The van der Waals surface area contributed by atoms with Gasteiger partial charge in [-0.2, -0.15) is 0 Å². The lowest BCUT2D eigenvalue weighted by Gasteiger charge is -2.11. The van der Waals surface area contributed by atoms with Gasteiger partial charge in [-0.3, -0.25) is 14.4 Å². The molecule has 5 rings (SSSR count). The van der Waals surface area contributed by atoms with Gasteiger partial charge in [-0.1, -0.05) is 24.3 Å². The van der Waals surface area contributed by atoms with Crippen molar-refractivity contribution >= 4 is 58.3 Å². The van der Waals surface area contributed by atoms with E-state index in [0.717, 1.165) is 9.77 Å². The highest BCUT2D eigenvalue weighted by molar-refractivity contribution is 8.00. The lowest BCUT2D eigenvalue weighted by molar-refractivity contribution is -0.114. The Labute approximate surface area is 233 Å². The molecule has 8 nitrogen and oxygen atoms in total. The first-order valence-electron chi connectivity index (χ1n) is 11.9. The van der Waals surface area contributed by atoms with E-state index < -0.39 is 5.91 Å². The van der Waals surface area contributed by atoms with Gasteiger partial charge < -0.3 is 25.4 Å². The first-order chi connectivity index (χ1) is 19.0. The van der Waals surface area contributed by atoms with E-state index in [1.165, 1.54) is 23.1 Å². The Morgan fingerprint density at radius 2 is 1.62 bits per heavy atom. The van der Waals surface area contributed by atoms with Gasteiger partial charge >= 0.3 is 0 Å². The lowest BCUT2D eigenvalue weighted by Crippen LogP contribution is -2.30. The molecule has 1 aliphatic heterocycles. The molecule has 0 aliphatic carbocycles. The van der Waals surface area contributed by atoms with Gasteiger partial charge in [-0.15, -0.1) is 23.1 Å². The van der Waals surface area contributed by atoms with Crippen molar-refractivity contribution in [2.45, 2.75) is 4.90 Å². The van der Waals surface area contributed by atoms with Crippen molar-refractivity contribution in [3.63, 3.8) is 0 Å². The average molecular weight is 558 g/mol. The van der Waals surface area contributed by atoms with Crippen molar-refractivity contribution in [3.05, 3.63) is 106 Å². The zero-order valence-electron chi connectivity index (χ0n) is 20.5. The Bertz CT molecular complexity index is 1500. The van der Waals surface area contributed by atoms with Crippen LogP contribution in [0.15, 0.2) is 101 Å². The summed E-state index contributed by atoms with van der Waals surface area (Å²) in [6, 6.07) is 24.8. The van der Waals surface area contributed by atoms with Crippen LogP contribution in [0.4, 0.5) is 11.4 Å². The quantitative estimate of drug-likeness (QED) is 0.182. The van der Waals surface area contributed by atoms with E-state index in [1.54, 1.807) is 60.7 Å². The van der Waals surface area contributed by atoms with E-state index in [1.807, 2.05) is 35.7 Å². The SMILES string of the molecule is O=C(CSc1ccc(NC(=O)/C(=C/c2cccs2)NC(=O)c2ccccc2)cc1)Nc1ccc2c(c1)OCO2. The van der Waals surface area contributed by atoms with Crippen molar-refractivity contribution in [1.82, 2.24) is 5.32 Å². The molecular formula is C29H23N3O5S2. The molecule has 0 radical (unpaired) electrons. The highest BCUT2D eigenvalue weighted by atomic mass is 32.2. The molecule has 10 heteroatoms. The molecular weight excluding hydrogens is 534 g/mol. The number of hydrogen-bond donors (Lipinski definition) is 3. The van der Waals surface area contributed by atoms with Crippen molar-refractivity contribution < 1.29 is 23.9 Å². The second-order valence-corrected chi connectivity index (χ2v) is 10.3. The van der Waals surface area contributed by atoms with Crippen LogP contribution in [0.2, 0.25) is 0 Å². The molecule has 0 bridgehead atoms. The maximum atomic E-state index is 13.1. The van der Waals surface area contributed by atoms with Gasteiger partial charge in [-0.25, -0.2) is 0 Å². The average Bonchev–Trinajstić information content (AvgIpc) is 3.65. The number of amides is 3. The molecule has 1 aliphatic rings. The van der Waals surface area contributed by atoms with Crippen LogP contribution in [0.1, 0.15) is 15.2 Å². The predicted molar refractivity (Wildman–Crippen MR) is 153 cm³/mol. The maximum Gasteiger partial charge on any atom is 0.272 e. The number of fused-ring (bicyclic) bond motifs is 1. The summed E-state index contributed by atoms with van der Waals surface area (Å²) < 4.78 is 10.6. The molecule has 0 fully saturated rings. The third-order valence-corrected chi connectivity index (χ3v) is 7.33. The molecule has 3 amide bonds. The van der Waals surface area contributed by atoms with Crippen molar-refractivity contribution in [2.24, 2.45) is 0 Å². The fraction of sp³-hybridized carbons (Fsp3) is 0.0690. The smallest absolute Gasteiger partial charge is 0.272 e. The number of rotatable bonds is 9. The summed E-state index contributed by atoms with van der Waals surface area (Å²) in [6.45, 7) is 0.174. The van der Waals surface area contributed by atoms with Crippen LogP contribution in [0.25, 0.3) is 6.08 Å². The summed E-state index contributed by atoms with van der Waals surface area (Å²) in [6.07, 6.45) is 1.64. The van der Waals surface area contributed by atoms with Gasteiger partial charge in [0.2, 0.25) is 12.7 Å². The molecule has 0 spiro atoms. The monoisotopic (exact) mass is 557 g/mol. The highest BCUT2D eigenvalue weighted by Crippen LogP contribution is 2.34. The summed E-state index contributed by atoms with van der Waals surface area (Å²) in [5.74, 6) is 0.483. The number of carbonyl (C=O) groups excluding carboxylic acids is 3. The number of carbonyl (C=O) groups is 3. The number of thioether (sulfide) groups is 1. The van der Waals surface area contributed by atoms with E-state index >= 15 is 0 Å². The Kier molecular flexibility index (Phi) is 8.25. The normalized spacial score (nSPS) is 12.1. The standard InChI is InChI=1S/C29H23N3O5S2/c33-27(30-21-10-13-25-26(15-21)37-18-36-25)17-39-22-11-8-20(9-12-22)31-29(35)24(16-23-7-4-14-38-23)32-28(34)19-5-2-1-3-6-19/h1-16H,17-18H2,(H,30,33)(H,31,35)(H,32,34)/b24-16-. The first-order valence-corrected chi connectivity index (χ1v) is 13.8. The van der Waals surface area contributed by atoms with Crippen molar-refractivity contribution in [1.29, 1.82) is 0 Å². The zero-order chi connectivity index (χ0) is 27.0. The number of hydrogen-bond acceptors (Lipinski definition) is 7. The van der Waals surface area contributed by atoms with Crippen LogP contribution in [-0.4, -0.2) is 30.3 Å². The third-order valence-electron chi connectivity index (χ3n) is 5.50. The summed E-state index contributed by atoms with van der Waals surface area (Å²) in [5.41, 5.74) is 1.77. The molecule has 39 heavy (non-hydrogen) atoms. The number of nitrogens with one attached hydrogen (secondary N) is 3. The summed E-state index contributed by atoms with van der Waals surface area (Å²) in [7, 11) is 0. The van der Waals surface area contributed by atoms with Gasteiger partial charge in [0.1, 0.15) is 5.70 Å². The van der Waals surface area contributed by atoms with Crippen LogP contribution >= 0.6 is 23.1 Å². The second-order valence-electron chi connectivity index (χ2n) is 8.28. The number of thiophene rings is 1. The van der Waals surface area contributed by atoms with Gasteiger partial charge in [0.25, 0.3) is 11.8 Å². The second kappa shape index (κ2) is 12.3. The molecule has 4 aromatic rings. The summed E-state index contributed by atoms with van der Waals surface area (Å²) in [5, 5.41) is 10.3. The van der Waals surface area contributed by atoms with E-state index in [4.69, 9.17) is 9.47 Å². The molecule has 1 aromatic heterocycles. The van der Waals surface area contributed by atoms with Crippen LogP contribution in [-0.2, 0) is 9.59 Å². The minimum atomic E-state index is -0.448. The molecule has 0 unspecified atom stereocenters. The molecule has 2 heterocycles. The fourth-order valence-corrected chi connectivity index (χ4v) is 4.97. The molecule has 0 saturated carbocycles. The Morgan fingerprint density at radius 1 is 0.846 bits per heavy atom. The van der Waals surface area contributed by atoms with Gasteiger partial charge in [-0.05, 0) is 66.1 Å². The van der Waals surface area contributed by atoms with Crippen LogP contribution in [0.5, 0.6) is 11.5 Å². The molecule has 0 saturated heterocycles. The van der Waals surface area contributed by atoms with Crippen molar-refractivity contribution in [2.75, 3.05) is 23.2 Å². The maximum absolute atomic E-state index is 13.1. The minimum absolute atomic E-state index is 0.130. The Morgan fingerprint density at radius 3 is 2.38 bits per heavy atom. The van der Waals surface area contributed by atoms with E-state index in [9.17, 15) is 14.4 Å². The molecule has 0 atom stereocenters. The Hall–Kier alpha value is -4.54. The van der Waals surface area contributed by atoms with E-state index in [-0.39, 0.29) is 30.1 Å². The zero-order valence-corrected chi connectivity index (χ0v) is 22.1.